The maximum absolute atomic E-state index is 13.8. The summed E-state index contributed by atoms with van der Waals surface area (Å²) in [5, 5.41) is 6.51. The zero-order valence-corrected chi connectivity index (χ0v) is 13.1. The van der Waals surface area contributed by atoms with Crippen LogP contribution in [0.5, 0.6) is 0 Å². The number of benzene rings is 2. The van der Waals surface area contributed by atoms with Crippen molar-refractivity contribution in [2.45, 2.75) is 18.4 Å². The average Bonchev–Trinajstić information content (AvgIpc) is 3.17. The molecule has 0 bridgehead atoms. The third-order valence-corrected chi connectivity index (χ3v) is 4.28. The highest BCUT2D eigenvalue weighted by Gasteiger charge is 2.43. The lowest BCUT2D eigenvalue weighted by Gasteiger charge is -2.05. The lowest BCUT2D eigenvalue weighted by atomic mass is 10.1. The summed E-state index contributed by atoms with van der Waals surface area (Å²) in [6, 6.07) is 14.3. The monoisotopic (exact) mass is 340 g/mol. The van der Waals surface area contributed by atoms with Gasteiger partial charge in [-0.2, -0.15) is 0 Å². The molecule has 2 unspecified atom stereocenters. The van der Waals surface area contributed by atoms with Gasteiger partial charge in [0, 0.05) is 29.2 Å². The highest BCUT2D eigenvalue weighted by molar-refractivity contribution is 5.93. The Kier molecular flexibility index (Phi) is 3.80. The van der Waals surface area contributed by atoms with E-state index in [9.17, 15) is 13.6 Å². The maximum atomic E-state index is 13.8. The molecule has 1 aliphatic carbocycles. The molecular weight excluding hydrogens is 326 g/mol. The Bertz CT molecular complexity index is 904. The molecule has 2 aromatic carbocycles. The van der Waals surface area contributed by atoms with Crippen LogP contribution < -0.4 is 5.32 Å². The molecular formula is C19H14F2N2O2. The van der Waals surface area contributed by atoms with Crippen LogP contribution in [0.4, 0.5) is 8.78 Å². The molecule has 126 valence electrons. The summed E-state index contributed by atoms with van der Waals surface area (Å²) in [7, 11) is 0. The quantitative estimate of drug-likeness (QED) is 0.783. The molecule has 4 rings (SSSR count). The molecule has 4 nitrogen and oxygen atoms in total. The van der Waals surface area contributed by atoms with Gasteiger partial charge in [-0.15, -0.1) is 0 Å². The van der Waals surface area contributed by atoms with Crippen molar-refractivity contribution >= 4 is 5.91 Å². The molecule has 0 aliphatic heterocycles. The summed E-state index contributed by atoms with van der Waals surface area (Å²) in [6.07, 6.45) is 0.493. The van der Waals surface area contributed by atoms with Crippen molar-refractivity contribution in [2.24, 2.45) is 0 Å². The molecule has 0 radical (unpaired) electrons. The summed E-state index contributed by atoms with van der Waals surface area (Å²) >= 11 is 0. The number of carbonyl (C=O) groups excluding carboxylic acids is 1. The van der Waals surface area contributed by atoms with Crippen molar-refractivity contribution in [3.8, 4) is 11.3 Å². The molecule has 0 spiro atoms. The SMILES string of the molecule is O=C(NC1CC1c1c(F)cccc1F)c1cc(-c2ccccc2)on1. The molecule has 1 amide bonds. The van der Waals surface area contributed by atoms with Crippen LogP contribution in [-0.2, 0) is 0 Å². The molecule has 1 N–H and O–H groups in total. The molecule has 2 atom stereocenters. The van der Waals surface area contributed by atoms with Crippen LogP contribution in [0.1, 0.15) is 28.4 Å². The van der Waals surface area contributed by atoms with Crippen molar-refractivity contribution in [3.05, 3.63) is 77.5 Å². The molecule has 25 heavy (non-hydrogen) atoms. The molecule has 0 saturated heterocycles. The van der Waals surface area contributed by atoms with Crippen molar-refractivity contribution in [3.63, 3.8) is 0 Å². The van der Waals surface area contributed by atoms with Gasteiger partial charge in [-0.25, -0.2) is 8.78 Å². The lowest BCUT2D eigenvalue weighted by Crippen LogP contribution is -2.27. The van der Waals surface area contributed by atoms with Gasteiger partial charge >= 0.3 is 0 Å². The molecule has 3 aromatic rings. The van der Waals surface area contributed by atoms with E-state index in [0.29, 0.717) is 12.2 Å². The number of carbonyl (C=O) groups is 1. The first-order valence-electron chi connectivity index (χ1n) is 7.90. The summed E-state index contributed by atoms with van der Waals surface area (Å²) in [4.78, 5) is 12.3. The van der Waals surface area contributed by atoms with Gasteiger partial charge in [0.15, 0.2) is 11.5 Å². The average molecular weight is 340 g/mol. The number of rotatable bonds is 4. The summed E-state index contributed by atoms with van der Waals surface area (Å²) in [6.45, 7) is 0. The smallest absolute Gasteiger partial charge is 0.273 e. The van der Waals surface area contributed by atoms with Crippen molar-refractivity contribution in [1.29, 1.82) is 0 Å². The van der Waals surface area contributed by atoms with Gasteiger partial charge in [0.2, 0.25) is 0 Å². The fourth-order valence-electron chi connectivity index (χ4n) is 2.90. The van der Waals surface area contributed by atoms with Crippen LogP contribution in [0.3, 0.4) is 0 Å². The predicted molar refractivity (Wildman–Crippen MR) is 86.9 cm³/mol. The molecule has 1 heterocycles. The first kappa shape index (κ1) is 15.5. The number of hydrogen-bond donors (Lipinski definition) is 1. The molecule has 1 aliphatic rings. The fraction of sp³-hybridized carbons (Fsp3) is 0.158. The van der Waals surface area contributed by atoms with E-state index in [2.05, 4.69) is 10.5 Å². The van der Waals surface area contributed by atoms with Crippen LogP contribution in [0, 0.1) is 11.6 Å². The minimum Gasteiger partial charge on any atom is -0.355 e. The van der Waals surface area contributed by atoms with Gasteiger partial charge in [0.25, 0.3) is 5.91 Å². The minimum absolute atomic E-state index is 0.0259. The van der Waals surface area contributed by atoms with Crippen LogP contribution in [0.15, 0.2) is 59.1 Å². The minimum atomic E-state index is -0.588. The first-order chi connectivity index (χ1) is 12.1. The van der Waals surface area contributed by atoms with Crippen LogP contribution >= 0.6 is 0 Å². The Morgan fingerprint density at radius 2 is 1.80 bits per heavy atom. The predicted octanol–water partition coefficient (Wildman–Crippen LogP) is 3.91. The van der Waals surface area contributed by atoms with Gasteiger partial charge in [-0.1, -0.05) is 41.6 Å². The largest absolute Gasteiger partial charge is 0.355 e. The second-order valence-electron chi connectivity index (χ2n) is 6.00. The van der Waals surface area contributed by atoms with Crippen molar-refractivity contribution in [2.75, 3.05) is 0 Å². The number of nitrogens with one attached hydrogen (secondary N) is 1. The van der Waals surface area contributed by atoms with E-state index in [1.54, 1.807) is 6.07 Å². The van der Waals surface area contributed by atoms with E-state index in [0.717, 1.165) is 5.56 Å². The third kappa shape index (κ3) is 3.03. The molecule has 1 fully saturated rings. The van der Waals surface area contributed by atoms with E-state index in [-0.39, 0.29) is 23.2 Å². The maximum Gasteiger partial charge on any atom is 0.273 e. The highest BCUT2D eigenvalue weighted by atomic mass is 19.1. The Hall–Kier alpha value is -3.02. The fourth-order valence-corrected chi connectivity index (χ4v) is 2.90. The zero-order valence-electron chi connectivity index (χ0n) is 13.1. The van der Waals surface area contributed by atoms with Gasteiger partial charge < -0.3 is 9.84 Å². The number of amides is 1. The highest BCUT2D eigenvalue weighted by Crippen LogP contribution is 2.43. The first-order valence-corrected chi connectivity index (χ1v) is 7.90. The van der Waals surface area contributed by atoms with Crippen LogP contribution in [-0.4, -0.2) is 17.1 Å². The second kappa shape index (κ2) is 6.12. The Morgan fingerprint density at radius 3 is 2.52 bits per heavy atom. The van der Waals surface area contributed by atoms with E-state index < -0.39 is 17.5 Å². The standard InChI is InChI=1S/C19H14F2N2O2/c20-13-7-4-8-14(21)18(13)12-9-15(12)22-19(24)16-10-17(25-23-16)11-5-2-1-3-6-11/h1-8,10,12,15H,9H2,(H,22,24). The van der Waals surface area contributed by atoms with Gasteiger partial charge in [-0.3, -0.25) is 4.79 Å². The molecule has 6 heteroatoms. The summed E-state index contributed by atoms with van der Waals surface area (Å²) < 4.78 is 32.8. The van der Waals surface area contributed by atoms with E-state index in [1.165, 1.54) is 18.2 Å². The Balaban J connectivity index is 1.45. The lowest BCUT2D eigenvalue weighted by molar-refractivity contribution is 0.0941. The van der Waals surface area contributed by atoms with Crippen LogP contribution in [0.25, 0.3) is 11.3 Å². The number of halogens is 2. The van der Waals surface area contributed by atoms with Crippen molar-refractivity contribution < 1.29 is 18.1 Å². The number of nitrogens with zero attached hydrogens (tertiary/aromatic N) is 1. The summed E-state index contributed by atoms with van der Waals surface area (Å²) in [5.41, 5.74) is 0.975. The van der Waals surface area contributed by atoms with Crippen molar-refractivity contribution in [1.82, 2.24) is 10.5 Å². The van der Waals surface area contributed by atoms with E-state index in [1.807, 2.05) is 30.3 Å². The van der Waals surface area contributed by atoms with E-state index in [4.69, 9.17) is 4.52 Å². The van der Waals surface area contributed by atoms with Gasteiger partial charge in [0.05, 0.1) is 0 Å². The van der Waals surface area contributed by atoms with E-state index >= 15 is 0 Å². The Morgan fingerprint density at radius 1 is 1.08 bits per heavy atom. The third-order valence-electron chi connectivity index (χ3n) is 4.28. The zero-order chi connectivity index (χ0) is 17.4. The number of hydrogen-bond acceptors (Lipinski definition) is 3. The molecule has 1 aromatic heterocycles. The van der Waals surface area contributed by atoms with Crippen LogP contribution in [0.2, 0.25) is 0 Å². The topological polar surface area (TPSA) is 55.1 Å². The second-order valence-corrected chi connectivity index (χ2v) is 6.00. The summed E-state index contributed by atoms with van der Waals surface area (Å²) in [5.74, 6) is -1.47. The normalized spacial score (nSPS) is 18.8. The molecule has 1 saturated carbocycles. The Labute approximate surface area is 142 Å². The number of aromatic nitrogens is 1. The van der Waals surface area contributed by atoms with Gasteiger partial charge in [0.1, 0.15) is 11.6 Å². The van der Waals surface area contributed by atoms with Gasteiger partial charge in [-0.05, 0) is 18.6 Å².